The minimum Gasteiger partial charge on any atom is -0.304 e. The van der Waals surface area contributed by atoms with Gasteiger partial charge in [0.2, 0.25) is 9.84 Å². The van der Waals surface area contributed by atoms with Crippen molar-refractivity contribution in [1.29, 1.82) is 0 Å². The van der Waals surface area contributed by atoms with Gasteiger partial charge in [-0.15, -0.1) is 21.5 Å². The van der Waals surface area contributed by atoms with Crippen molar-refractivity contribution in [3.63, 3.8) is 0 Å². The maximum atomic E-state index is 12.5. The molecule has 3 rings (SSSR count). The van der Waals surface area contributed by atoms with Crippen LogP contribution in [0, 0.1) is 0 Å². The zero-order valence-electron chi connectivity index (χ0n) is 12.3. The molecule has 0 bridgehead atoms. The van der Waals surface area contributed by atoms with Gasteiger partial charge in [0.05, 0.1) is 9.77 Å². The van der Waals surface area contributed by atoms with Crippen LogP contribution >= 0.6 is 23.1 Å². The standard InChI is InChI=1S/C14H11F2N3O2S3/c1-19-12(11-3-2-8-22-11)17-18-14(19)23-9-4-6-10(7-5-9)24(20,21)13(15)16/h2-8,13H,1H3. The number of thiophene rings is 1. The van der Waals surface area contributed by atoms with Crippen molar-refractivity contribution in [3.05, 3.63) is 41.8 Å². The summed E-state index contributed by atoms with van der Waals surface area (Å²) >= 11 is 2.82. The first-order valence-electron chi connectivity index (χ1n) is 6.63. The molecule has 0 aliphatic heterocycles. The van der Waals surface area contributed by atoms with E-state index in [0.29, 0.717) is 10.1 Å². The Morgan fingerprint density at radius 3 is 2.46 bits per heavy atom. The van der Waals surface area contributed by atoms with Crippen molar-refractivity contribution < 1.29 is 17.2 Å². The third kappa shape index (κ3) is 3.21. The van der Waals surface area contributed by atoms with Gasteiger partial charge in [-0.3, -0.25) is 0 Å². The summed E-state index contributed by atoms with van der Waals surface area (Å²) in [4.78, 5) is 1.26. The quantitative estimate of drug-likeness (QED) is 0.668. The highest BCUT2D eigenvalue weighted by Gasteiger charge is 2.26. The molecule has 0 amide bonds. The summed E-state index contributed by atoms with van der Waals surface area (Å²) in [7, 11) is -2.75. The molecule has 0 aliphatic carbocycles. The van der Waals surface area contributed by atoms with Crippen LogP contribution in [0.15, 0.2) is 56.7 Å². The topological polar surface area (TPSA) is 64.8 Å². The van der Waals surface area contributed by atoms with Crippen LogP contribution in [0.4, 0.5) is 8.78 Å². The molecule has 5 nitrogen and oxygen atoms in total. The van der Waals surface area contributed by atoms with E-state index < -0.39 is 20.5 Å². The van der Waals surface area contributed by atoms with Gasteiger partial charge in [0.25, 0.3) is 0 Å². The van der Waals surface area contributed by atoms with Crippen LogP contribution in [0.3, 0.4) is 0 Å². The van der Waals surface area contributed by atoms with Crippen molar-refractivity contribution in [3.8, 4) is 10.7 Å². The Balaban J connectivity index is 1.83. The fourth-order valence-corrected chi connectivity index (χ4v) is 4.18. The van der Waals surface area contributed by atoms with E-state index in [0.717, 1.165) is 10.7 Å². The predicted molar refractivity (Wildman–Crippen MR) is 88.1 cm³/mol. The normalized spacial score (nSPS) is 12.0. The minimum atomic E-state index is -4.57. The second-order valence-corrected chi connectivity index (χ2v) is 8.63. The van der Waals surface area contributed by atoms with E-state index in [-0.39, 0.29) is 0 Å². The van der Waals surface area contributed by atoms with E-state index in [1.54, 1.807) is 11.3 Å². The third-order valence-electron chi connectivity index (χ3n) is 3.17. The number of hydrogen-bond acceptors (Lipinski definition) is 6. The first-order valence-corrected chi connectivity index (χ1v) is 9.87. The molecule has 2 heterocycles. The Morgan fingerprint density at radius 2 is 1.88 bits per heavy atom. The van der Waals surface area contributed by atoms with Crippen LogP contribution in [0.2, 0.25) is 0 Å². The zero-order valence-corrected chi connectivity index (χ0v) is 14.7. The molecule has 10 heteroatoms. The molecule has 0 unspecified atom stereocenters. The second kappa shape index (κ2) is 6.61. The van der Waals surface area contributed by atoms with Gasteiger partial charge in [0, 0.05) is 11.9 Å². The lowest BCUT2D eigenvalue weighted by Crippen LogP contribution is -2.11. The molecule has 0 N–H and O–H groups in total. The molecule has 24 heavy (non-hydrogen) atoms. The fourth-order valence-electron chi connectivity index (χ4n) is 1.93. The average Bonchev–Trinajstić information content (AvgIpc) is 3.18. The molecular formula is C14H11F2N3O2S3. The highest BCUT2D eigenvalue weighted by molar-refractivity contribution is 7.99. The molecule has 0 atom stereocenters. The molecular weight excluding hydrogens is 376 g/mol. The molecule has 0 spiro atoms. The highest BCUT2D eigenvalue weighted by Crippen LogP contribution is 2.31. The van der Waals surface area contributed by atoms with E-state index in [4.69, 9.17) is 0 Å². The number of benzene rings is 1. The molecule has 3 aromatic rings. The van der Waals surface area contributed by atoms with Crippen LogP contribution in [-0.4, -0.2) is 28.9 Å². The van der Waals surface area contributed by atoms with Crippen molar-refractivity contribution in [1.82, 2.24) is 14.8 Å². The Hall–Kier alpha value is -1.78. The fraction of sp³-hybridized carbons (Fsp3) is 0.143. The van der Waals surface area contributed by atoms with Crippen LogP contribution < -0.4 is 0 Å². The molecule has 2 aromatic heterocycles. The Labute approximate surface area is 145 Å². The van der Waals surface area contributed by atoms with E-state index in [1.807, 2.05) is 29.1 Å². The lowest BCUT2D eigenvalue weighted by Gasteiger charge is -2.05. The number of sulfone groups is 1. The molecule has 1 aromatic carbocycles. The van der Waals surface area contributed by atoms with Gasteiger partial charge in [-0.25, -0.2) is 8.42 Å². The molecule has 0 aliphatic rings. The lowest BCUT2D eigenvalue weighted by atomic mass is 10.4. The Bertz CT molecular complexity index is 936. The lowest BCUT2D eigenvalue weighted by molar-refractivity contribution is 0.234. The molecule has 0 saturated carbocycles. The average molecular weight is 387 g/mol. The molecule has 0 radical (unpaired) electrons. The molecule has 0 fully saturated rings. The highest BCUT2D eigenvalue weighted by atomic mass is 32.2. The van der Waals surface area contributed by atoms with Gasteiger partial charge in [-0.05, 0) is 47.5 Å². The Morgan fingerprint density at radius 1 is 1.17 bits per heavy atom. The van der Waals surface area contributed by atoms with Crippen LogP contribution in [0.25, 0.3) is 10.7 Å². The van der Waals surface area contributed by atoms with Gasteiger partial charge in [0.1, 0.15) is 0 Å². The number of halogens is 2. The largest absolute Gasteiger partial charge is 0.341 e. The van der Waals surface area contributed by atoms with Crippen molar-refractivity contribution >= 4 is 32.9 Å². The monoisotopic (exact) mass is 387 g/mol. The van der Waals surface area contributed by atoms with Gasteiger partial charge in [-0.1, -0.05) is 6.07 Å². The van der Waals surface area contributed by atoms with Crippen molar-refractivity contribution in [2.75, 3.05) is 0 Å². The maximum Gasteiger partial charge on any atom is 0.341 e. The summed E-state index contributed by atoms with van der Waals surface area (Å²) in [5.41, 5.74) is 0. The number of rotatable bonds is 5. The van der Waals surface area contributed by atoms with E-state index in [2.05, 4.69) is 10.2 Å². The minimum absolute atomic E-state index is 0.404. The summed E-state index contributed by atoms with van der Waals surface area (Å²) in [6.07, 6.45) is 0. The van der Waals surface area contributed by atoms with Gasteiger partial charge in [-0.2, -0.15) is 8.78 Å². The van der Waals surface area contributed by atoms with Crippen molar-refractivity contribution in [2.24, 2.45) is 7.05 Å². The van der Waals surface area contributed by atoms with Gasteiger partial charge in [0.15, 0.2) is 11.0 Å². The maximum absolute atomic E-state index is 12.5. The summed E-state index contributed by atoms with van der Waals surface area (Å²) < 4.78 is 49.7. The second-order valence-electron chi connectivity index (χ2n) is 4.72. The van der Waals surface area contributed by atoms with E-state index in [1.165, 1.54) is 36.0 Å². The van der Waals surface area contributed by atoms with Gasteiger partial charge >= 0.3 is 5.76 Å². The molecule has 0 saturated heterocycles. The smallest absolute Gasteiger partial charge is 0.304 e. The summed E-state index contributed by atoms with van der Waals surface area (Å²) in [5.74, 6) is -2.70. The molecule has 126 valence electrons. The van der Waals surface area contributed by atoms with Crippen LogP contribution in [0.1, 0.15) is 0 Å². The van der Waals surface area contributed by atoms with E-state index >= 15 is 0 Å². The van der Waals surface area contributed by atoms with Crippen molar-refractivity contribution in [2.45, 2.75) is 20.7 Å². The summed E-state index contributed by atoms with van der Waals surface area (Å²) in [6, 6.07) is 9.14. The number of alkyl halides is 2. The van der Waals surface area contributed by atoms with E-state index in [9.17, 15) is 17.2 Å². The number of aromatic nitrogens is 3. The number of nitrogens with zero attached hydrogens (tertiary/aromatic N) is 3. The van der Waals surface area contributed by atoms with Gasteiger partial charge < -0.3 is 4.57 Å². The SMILES string of the molecule is Cn1c(Sc2ccc(S(=O)(=O)C(F)F)cc2)nnc1-c1cccs1. The first-order chi connectivity index (χ1) is 11.4. The first kappa shape index (κ1) is 17.1. The Kier molecular flexibility index (Phi) is 4.70. The summed E-state index contributed by atoms with van der Waals surface area (Å²) in [5, 5.41) is 10.8. The van der Waals surface area contributed by atoms with Crippen LogP contribution in [-0.2, 0) is 16.9 Å². The number of hydrogen-bond donors (Lipinski definition) is 0. The third-order valence-corrected chi connectivity index (χ3v) is 6.48. The zero-order chi connectivity index (χ0) is 17.3. The van der Waals surface area contributed by atoms with Crippen LogP contribution in [0.5, 0.6) is 0 Å². The predicted octanol–water partition coefficient (Wildman–Crippen LogP) is 3.69. The summed E-state index contributed by atoms with van der Waals surface area (Å²) in [6.45, 7) is 0.